The van der Waals surface area contributed by atoms with Crippen LogP contribution in [0.3, 0.4) is 0 Å². The van der Waals surface area contributed by atoms with Gasteiger partial charge in [-0.15, -0.1) is 0 Å². The number of benzene rings is 7. The summed E-state index contributed by atoms with van der Waals surface area (Å²) in [5.74, 6) is -2.50. The molecule has 0 spiro atoms. The third kappa shape index (κ3) is 16.5. The van der Waals surface area contributed by atoms with Gasteiger partial charge in [-0.3, -0.25) is 42.5 Å². The molecule has 1 amide bonds. The number of carbonyl (C=O) groups excluding carboxylic acids is 3. The summed E-state index contributed by atoms with van der Waals surface area (Å²) < 4.78 is 75.7. The van der Waals surface area contributed by atoms with Crippen molar-refractivity contribution in [2.75, 3.05) is 38.9 Å². The lowest BCUT2D eigenvalue weighted by Crippen LogP contribution is -2.42. The summed E-state index contributed by atoms with van der Waals surface area (Å²) in [6.07, 6.45) is 0. The predicted octanol–water partition coefficient (Wildman–Crippen LogP) is 13.1. The molecule has 0 atom stereocenters. The SMILES string of the molecule is CC(=O)c1cccc(O)c1C.CC(=O)c1cccc(Oc2cc(=O)n(C)c(Nc3ccc(I)cc3F)c2C(N)=O)c1C.COc1ccc(Cn2c(=O)c3c(Oc4cccc(C5(C)OCCO5)c4C)cc(=O)n(C)c3n(-c3ccc(I)cc3F)c2=O)cc1.Cc1c(O)cccc1C1(C)OCCO1. The molecule has 0 aliphatic carbocycles. The minimum Gasteiger partial charge on any atom is -0.508 e. The Morgan fingerprint density at radius 1 is 0.594 bits per heavy atom. The van der Waals surface area contributed by atoms with Crippen LogP contribution in [0.1, 0.15) is 97.7 Å². The molecule has 101 heavy (non-hydrogen) atoms. The van der Waals surface area contributed by atoms with Crippen LogP contribution in [-0.4, -0.2) is 79.5 Å². The number of hydrogen-bond acceptors (Lipinski definition) is 17. The Bertz CT molecular complexity index is 5120. The molecule has 22 nitrogen and oxygen atoms in total. The number of aromatic hydroxyl groups is 2. The zero-order chi connectivity index (χ0) is 73.5. The number of nitrogens with two attached hydrogens (primary N) is 1. The minimum atomic E-state index is -0.994. The molecule has 0 saturated carbocycles. The molecule has 526 valence electrons. The number of anilines is 2. The van der Waals surface area contributed by atoms with Gasteiger partial charge in [0.15, 0.2) is 23.1 Å². The van der Waals surface area contributed by atoms with E-state index in [-0.39, 0.29) is 80.6 Å². The number of rotatable bonds is 15. The van der Waals surface area contributed by atoms with Crippen molar-refractivity contribution in [1.29, 1.82) is 0 Å². The van der Waals surface area contributed by atoms with Gasteiger partial charge in [-0.2, -0.15) is 0 Å². The number of nitrogens with zero attached hydrogens (tertiary/aromatic N) is 4. The zero-order valence-electron chi connectivity index (χ0n) is 56.9. The number of fused-ring (bicyclic) bond motifs is 1. The lowest BCUT2D eigenvalue weighted by Gasteiger charge is -2.26. The quantitative estimate of drug-likeness (QED) is 0.0548. The largest absolute Gasteiger partial charge is 0.508 e. The van der Waals surface area contributed by atoms with Crippen LogP contribution in [0.5, 0.6) is 40.2 Å². The third-order valence-electron chi connectivity index (χ3n) is 17.0. The molecule has 10 aromatic rings. The van der Waals surface area contributed by atoms with Gasteiger partial charge < -0.3 is 54.4 Å². The number of phenolic OH excluding ortho intramolecular Hbond substituents is 2. The van der Waals surface area contributed by atoms with Crippen molar-refractivity contribution < 1.29 is 66.5 Å². The average molecular weight is 1610 g/mol. The number of Topliss-reactive ketones (excluding diaryl/α,β-unsaturated/α-hetero) is 2. The number of aromatic nitrogens is 4. The maximum atomic E-state index is 15.5. The maximum Gasteiger partial charge on any atom is 0.337 e. The van der Waals surface area contributed by atoms with Crippen LogP contribution in [0.15, 0.2) is 165 Å². The van der Waals surface area contributed by atoms with Crippen LogP contribution in [0.2, 0.25) is 0 Å². The van der Waals surface area contributed by atoms with Crippen LogP contribution < -0.4 is 47.6 Å². The second-order valence-corrected chi connectivity index (χ2v) is 26.2. The molecular weight excluding hydrogens is 1530 g/mol. The molecule has 2 fully saturated rings. The first-order valence-corrected chi connectivity index (χ1v) is 33.5. The van der Waals surface area contributed by atoms with Crippen LogP contribution in [0.25, 0.3) is 16.7 Å². The fourth-order valence-electron chi connectivity index (χ4n) is 11.5. The monoisotopic (exact) mass is 1600 g/mol. The molecular formula is C75H72F2I2N6O16. The molecule has 12 rings (SSSR count). The molecule has 2 saturated heterocycles. The molecule has 0 bridgehead atoms. The topological polar surface area (TPSA) is 282 Å². The summed E-state index contributed by atoms with van der Waals surface area (Å²) in [5.41, 5.74) is 8.67. The Labute approximate surface area is 605 Å². The van der Waals surface area contributed by atoms with Gasteiger partial charge >= 0.3 is 5.69 Å². The molecule has 5 N–H and O–H groups in total. The molecule has 0 unspecified atom stereocenters. The van der Waals surface area contributed by atoms with E-state index >= 15 is 4.39 Å². The fraction of sp³-hybridized carbons (Fsp3) is 0.240. The van der Waals surface area contributed by atoms with Crippen molar-refractivity contribution in [2.24, 2.45) is 19.8 Å². The van der Waals surface area contributed by atoms with Crippen LogP contribution in [0, 0.1) is 46.5 Å². The number of carbonyl (C=O) groups is 3. The molecule has 2 aliphatic rings. The van der Waals surface area contributed by atoms with Gasteiger partial charge in [-0.1, -0.05) is 60.7 Å². The summed E-state index contributed by atoms with van der Waals surface area (Å²) in [6.45, 7) is 15.6. The van der Waals surface area contributed by atoms with E-state index in [1.807, 2.05) is 85.0 Å². The highest BCUT2D eigenvalue weighted by Gasteiger charge is 2.37. The Balaban J connectivity index is 0.000000181. The van der Waals surface area contributed by atoms with Gasteiger partial charge in [-0.05, 0) is 184 Å². The molecule has 26 heteroatoms. The normalized spacial score (nSPS) is 13.4. The van der Waals surface area contributed by atoms with Crippen molar-refractivity contribution in [1.82, 2.24) is 18.3 Å². The highest BCUT2D eigenvalue weighted by molar-refractivity contribution is 14.1. The van der Waals surface area contributed by atoms with Crippen molar-refractivity contribution >= 4 is 85.2 Å². The van der Waals surface area contributed by atoms with E-state index in [1.54, 1.807) is 111 Å². The van der Waals surface area contributed by atoms with E-state index in [1.165, 1.54) is 65.4 Å². The number of ether oxygens (including phenoxy) is 7. The Hall–Kier alpha value is -9.85. The molecule has 7 aromatic carbocycles. The number of amides is 1. The Morgan fingerprint density at radius 2 is 1.08 bits per heavy atom. The lowest BCUT2D eigenvalue weighted by atomic mass is 10.0. The number of halogens is 4. The van der Waals surface area contributed by atoms with E-state index in [2.05, 4.69) is 5.32 Å². The first-order valence-electron chi connectivity index (χ1n) is 31.3. The van der Waals surface area contributed by atoms with Gasteiger partial charge in [0.2, 0.25) is 0 Å². The van der Waals surface area contributed by atoms with E-state index < -0.39 is 51.5 Å². The number of nitrogens with one attached hydrogen (secondary N) is 1. The van der Waals surface area contributed by atoms with Gasteiger partial charge in [-0.25, -0.2) is 18.1 Å². The van der Waals surface area contributed by atoms with E-state index in [9.17, 15) is 48.2 Å². The van der Waals surface area contributed by atoms with Crippen LogP contribution >= 0.6 is 45.2 Å². The summed E-state index contributed by atoms with van der Waals surface area (Å²) >= 11 is 3.93. The van der Waals surface area contributed by atoms with Crippen molar-refractivity contribution in [3.63, 3.8) is 0 Å². The van der Waals surface area contributed by atoms with Gasteiger partial charge in [0.25, 0.3) is 22.6 Å². The second kappa shape index (κ2) is 31.8. The number of methoxy groups -OCH3 is 1. The number of pyridine rings is 2. The van der Waals surface area contributed by atoms with Gasteiger partial charge in [0.1, 0.15) is 74.3 Å². The highest BCUT2D eigenvalue weighted by Crippen LogP contribution is 2.40. The smallest absolute Gasteiger partial charge is 0.337 e. The first kappa shape index (κ1) is 75.4. The highest BCUT2D eigenvalue weighted by atomic mass is 127. The molecule has 3 aromatic heterocycles. The number of hydrogen-bond donors (Lipinski definition) is 4. The lowest BCUT2D eigenvalue weighted by molar-refractivity contribution is -0.150. The zero-order valence-corrected chi connectivity index (χ0v) is 61.2. The first-order chi connectivity index (χ1) is 47.9. The third-order valence-corrected chi connectivity index (χ3v) is 18.3. The van der Waals surface area contributed by atoms with Crippen molar-refractivity contribution in [3.8, 4) is 45.9 Å². The second-order valence-electron chi connectivity index (χ2n) is 23.7. The van der Waals surface area contributed by atoms with E-state index in [0.717, 1.165) is 41.0 Å². The molecule has 5 heterocycles. The number of phenols is 2. The van der Waals surface area contributed by atoms with Gasteiger partial charge in [0.05, 0.1) is 51.5 Å². The number of primary amides is 1. The average Bonchev–Trinajstić information content (AvgIpc) is 1.33. The van der Waals surface area contributed by atoms with Crippen LogP contribution in [-0.2, 0) is 51.2 Å². The van der Waals surface area contributed by atoms with E-state index in [0.29, 0.717) is 78.4 Å². The van der Waals surface area contributed by atoms with Crippen LogP contribution in [0.4, 0.5) is 20.3 Å². The number of ketones is 2. The standard InChI is InChI=1S/C33H29FIN3O7.C22H19FIN3O4.C11H14O3.C9H10O2/c1-19-23(33(2)43-14-15-44-33)6-5-7-26(19)45-27-17-28(39)36(3)30-29(27)31(40)37(18-20-8-11-22(42-4)12-9-20)32(41)38(30)25-13-10-21(35)16-24(25)34;1-11-14(12(2)28)5-4-6-17(11)31-18-10-19(29)27(3)22(20(18)21(25)30)26-16-8-7-13(24)9-15(16)23;1-8-9(4-3-5-10(8)12)11(2)13-6-7-14-11;1-6-8(7(2)10)4-3-5-9(6)11/h5-13,16-17H,14-15,18H2,1-4H3;4-10,26H,1-3H3,(H2,25,30);3-5,12H,6-7H2,1-2H3;3-5,11H,1-2H3. The molecule has 0 radical (unpaired) electrons. The van der Waals surface area contributed by atoms with Crippen molar-refractivity contribution in [3.05, 3.63) is 262 Å². The summed E-state index contributed by atoms with van der Waals surface area (Å²) in [5, 5.41) is 21.5. The Morgan fingerprint density at radius 3 is 1.62 bits per heavy atom. The maximum absolute atomic E-state index is 15.5. The van der Waals surface area contributed by atoms with Crippen molar-refractivity contribution in [2.45, 2.75) is 73.5 Å². The minimum absolute atomic E-state index is 0.0154. The number of aryl methyl sites for hydroxylation is 1. The molecule has 2 aliphatic heterocycles. The summed E-state index contributed by atoms with van der Waals surface area (Å²) in [7, 11) is 4.38. The predicted molar refractivity (Wildman–Crippen MR) is 393 cm³/mol. The Kier molecular flexibility index (Phi) is 23.7. The summed E-state index contributed by atoms with van der Waals surface area (Å²) in [6, 6.07) is 38.5. The fourth-order valence-corrected chi connectivity index (χ4v) is 12.4. The summed E-state index contributed by atoms with van der Waals surface area (Å²) in [4.78, 5) is 89.4. The van der Waals surface area contributed by atoms with E-state index in [4.69, 9.17) is 38.9 Å². The van der Waals surface area contributed by atoms with Gasteiger partial charge in [0, 0.05) is 72.3 Å².